The lowest BCUT2D eigenvalue weighted by Gasteiger charge is -2.27. The second-order valence-corrected chi connectivity index (χ2v) is 7.64. The maximum absolute atomic E-state index is 13.3. The molecule has 2 heterocycles. The fourth-order valence-corrected chi connectivity index (χ4v) is 4.87. The number of rotatable bonds is 4. The number of amides is 1. The Morgan fingerprint density at radius 3 is 2.72 bits per heavy atom. The van der Waals surface area contributed by atoms with Crippen LogP contribution in [0, 0.1) is 0 Å². The van der Waals surface area contributed by atoms with E-state index in [1.807, 2.05) is 30.3 Å². The Kier molecular flexibility index (Phi) is 4.53. The van der Waals surface area contributed by atoms with E-state index < -0.39 is 0 Å². The molecule has 1 aromatic heterocycles. The number of likely N-dealkylation sites (tertiary alicyclic amines) is 1. The zero-order valence-corrected chi connectivity index (χ0v) is 15.2. The van der Waals surface area contributed by atoms with Crippen molar-refractivity contribution in [3.8, 4) is 0 Å². The molecular formula is C21H22N2OS. The summed E-state index contributed by atoms with van der Waals surface area (Å²) >= 11 is 1.73. The average molecular weight is 350 g/mol. The molecule has 1 saturated heterocycles. The predicted octanol–water partition coefficient (Wildman–Crippen LogP) is 5.15. The number of thiazole rings is 1. The highest BCUT2D eigenvalue weighted by molar-refractivity contribution is 7.18. The molecule has 0 saturated carbocycles. The Balaban J connectivity index is 1.63. The van der Waals surface area contributed by atoms with Crippen molar-refractivity contribution in [2.24, 2.45) is 0 Å². The number of aromatic nitrogens is 1. The molecule has 0 spiro atoms. The summed E-state index contributed by atoms with van der Waals surface area (Å²) in [7, 11) is 0. The Morgan fingerprint density at radius 2 is 1.96 bits per heavy atom. The van der Waals surface area contributed by atoms with Crippen LogP contribution < -0.4 is 0 Å². The van der Waals surface area contributed by atoms with Gasteiger partial charge < -0.3 is 4.90 Å². The number of hydrogen-bond donors (Lipinski definition) is 0. The number of para-hydroxylation sites is 1. The SMILES string of the molecule is CCC(C(=O)N1CCCC1c1nc2ccccc2s1)c1ccccc1. The molecule has 2 atom stereocenters. The number of fused-ring (bicyclic) bond motifs is 1. The van der Waals surface area contributed by atoms with Crippen LogP contribution in [0.4, 0.5) is 0 Å². The first-order valence-electron chi connectivity index (χ1n) is 8.99. The first-order chi connectivity index (χ1) is 12.3. The van der Waals surface area contributed by atoms with Gasteiger partial charge in [-0.3, -0.25) is 4.79 Å². The molecule has 1 aliphatic rings. The van der Waals surface area contributed by atoms with Crippen molar-refractivity contribution >= 4 is 27.5 Å². The van der Waals surface area contributed by atoms with Crippen LogP contribution in [-0.4, -0.2) is 22.3 Å². The molecule has 0 bridgehead atoms. The standard InChI is InChI=1S/C21H22N2OS/c1-2-16(15-9-4-3-5-10-15)21(24)23-14-8-12-18(23)20-22-17-11-6-7-13-19(17)25-20/h3-7,9-11,13,16,18H,2,8,12,14H2,1H3. The first-order valence-corrected chi connectivity index (χ1v) is 9.80. The largest absolute Gasteiger partial charge is 0.333 e. The van der Waals surface area contributed by atoms with E-state index in [0.717, 1.165) is 41.9 Å². The minimum absolute atomic E-state index is 0.0591. The predicted molar refractivity (Wildman–Crippen MR) is 103 cm³/mol. The van der Waals surface area contributed by atoms with Crippen molar-refractivity contribution in [3.05, 3.63) is 65.2 Å². The van der Waals surface area contributed by atoms with E-state index in [9.17, 15) is 4.79 Å². The summed E-state index contributed by atoms with van der Waals surface area (Å²) < 4.78 is 1.20. The zero-order chi connectivity index (χ0) is 17.2. The van der Waals surface area contributed by atoms with Crippen LogP contribution >= 0.6 is 11.3 Å². The van der Waals surface area contributed by atoms with Gasteiger partial charge in [-0.05, 0) is 37.0 Å². The molecule has 0 radical (unpaired) electrons. The lowest BCUT2D eigenvalue weighted by molar-refractivity contribution is -0.133. The van der Waals surface area contributed by atoms with Gasteiger partial charge in [-0.2, -0.15) is 0 Å². The lowest BCUT2D eigenvalue weighted by atomic mass is 9.95. The molecule has 1 aliphatic heterocycles. The number of hydrogen-bond acceptors (Lipinski definition) is 3. The molecule has 2 aromatic carbocycles. The molecule has 4 rings (SSSR count). The quantitative estimate of drug-likeness (QED) is 0.651. The van der Waals surface area contributed by atoms with Gasteiger partial charge in [0.15, 0.2) is 0 Å². The second kappa shape index (κ2) is 6.96. The molecule has 25 heavy (non-hydrogen) atoms. The van der Waals surface area contributed by atoms with Crippen molar-refractivity contribution < 1.29 is 4.79 Å². The summed E-state index contributed by atoms with van der Waals surface area (Å²) in [5, 5.41) is 1.08. The van der Waals surface area contributed by atoms with Gasteiger partial charge in [0.25, 0.3) is 0 Å². The van der Waals surface area contributed by atoms with Gasteiger partial charge in [0.05, 0.1) is 22.2 Å². The van der Waals surface area contributed by atoms with Crippen LogP contribution in [0.2, 0.25) is 0 Å². The van der Waals surface area contributed by atoms with Gasteiger partial charge in [-0.15, -0.1) is 11.3 Å². The van der Waals surface area contributed by atoms with Gasteiger partial charge in [-0.1, -0.05) is 49.4 Å². The van der Waals surface area contributed by atoms with Gasteiger partial charge in [0.2, 0.25) is 5.91 Å². The molecular weight excluding hydrogens is 328 g/mol. The number of nitrogens with zero attached hydrogens (tertiary/aromatic N) is 2. The number of carbonyl (C=O) groups is 1. The molecule has 3 aromatic rings. The molecule has 4 heteroatoms. The maximum Gasteiger partial charge on any atom is 0.230 e. The van der Waals surface area contributed by atoms with Crippen molar-refractivity contribution in [3.63, 3.8) is 0 Å². The van der Waals surface area contributed by atoms with Crippen LogP contribution in [0.1, 0.15) is 48.7 Å². The molecule has 1 amide bonds. The van der Waals surface area contributed by atoms with E-state index in [1.54, 1.807) is 11.3 Å². The third-order valence-corrected chi connectivity index (χ3v) is 6.18. The highest BCUT2D eigenvalue weighted by Gasteiger charge is 2.35. The van der Waals surface area contributed by atoms with E-state index in [-0.39, 0.29) is 17.9 Å². The zero-order valence-electron chi connectivity index (χ0n) is 14.4. The van der Waals surface area contributed by atoms with Crippen molar-refractivity contribution in [1.82, 2.24) is 9.88 Å². The molecule has 0 aliphatic carbocycles. The van der Waals surface area contributed by atoms with Crippen molar-refractivity contribution in [1.29, 1.82) is 0 Å². The van der Waals surface area contributed by atoms with Gasteiger partial charge in [-0.25, -0.2) is 4.98 Å². The minimum Gasteiger partial charge on any atom is -0.333 e. The van der Waals surface area contributed by atoms with E-state index in [0.29, 0.717) is 0 Å². The molecule has 0 N–H and O–H groups in total. The lowest BCUT2D eigenvalue weighted by Crippen LogP contribution is -2.34. The van der Waals surface area contributed by atoms with Gasteiger partial charge in [0.1, 0.15) is 5.01 Å². The molecule has 2 unspecified atom stereocenters. The Morgan fingerprint density at radius 1 is 1.20 bits per heavy atom. The summed E-state index contributed by atoms with van der Waals surface area (Å²) in [6.45, 7) is 2.93. The third kappa shape index (κ3) is 3.07. The molecule has 1 fully saturated rings. The van der Waals surface area contributed by atoms with Crippen LogP contribution in [0.25, 0.3) is 10.2 Å². The molecule has 128 valence electrons. The Labute approximate surface area is 152 Å². The summed E-state index contributed by atoms with van der Waals surface area (Å²) in [6, 6.07) is 18.5. The van der Waals surface area contributed by atoms with Crippen molar-refractivity contribution in [2.75, 3.05) is 6.54 Å². The molecule has 3 nitrogen and oxygen atoms in total. The van der Waals surface area contributed by atoms with E-state index in [2.05, 4.69) is 36.1 Å². The summed E-state index contributed by atoms with van der Waals surface area (Å²) in [4.78, 5) is 20.2. The number of carbonyl (C=O) groups excluding carboxylic acids is 1. The highest BCUT2D eigenvalue weighted by atomic mass is 32.1. The van der Waals surface area contributed by atoms with Gasteiger partial charge in [0, 0.05) is 6.54 Å². The van der Waals surface area contributed by atoms with Crippen LogP contribution in [-0.2, 0) is 4.79 Å². The smallest absolute Gasteiger partial charge is 0.230 e. The summed E-state index contributed by atoms with van der Waals surface area (Å²) in [5.41, 5.74) is 2.15. The Hall–Kier alpha value is -2.20. The monoisotopic (exact) mass is 350 g/mol. The average Bonchev–Trinajstić information content (AvgIpc) is 3.29. The van der Waals surface area contributed by atoms with Gasteiger partial charge >= 0.3 is 0 Å². The number of benzene rings is 2. The van der Waals surface area contributed by atoms with Crippen LogP contribution in [0.5, 0.6) is 0 Å². The summed E-state index contributed by atoms with van der Waals surface area (Å²) in [5.74, 6) is 0.187. The topological polar surface area (TPSA) is 33.2 Å². The van der Waals surface area contributed by atoms with Crippen molar-refractivity contribution in [2.45, 2.75) is 38.1 Å². The van der Waals surface area contributed by atoms with E-state index in [1.165, 1.54) is 4.70 Å². The second-order valence-electron chi connectivity index (χ2n) is 6.58. The third-order valence-electron chi connectivity index (χ3n) is 5.04. The van der Waals surface area contributed by atoms with Crippen LogP contribution in [0.15, 0.2) is 54.6 Å². The fourth-order valence-electron chi connectivity index (χ4n) is 3.76. The van der Waals surface area contributed by atoms with E-state index in [4.69, 9.17) is 4.98 Å². The first kappa shape index (κ1) is 16.3. The van der Waals surface area contributed by atoms with Crippen LogP contribution in [0.3, 0.4) is 0 Å². The minimum atomic E-state index is -0.0591. The highest BCUT2D eigenvalue weighted by Crippen LogP contribution is 2.38. The maximum atomic E-state index is 13.3. The van der Waals surface area contributed by atoms with E-state index >= 15 is 0 Å². The Bertz CT molecular complexity index is 841. The summed E-state index contributed by atoms with van der Waals surface area (Å²) in [6.07, 6.45) is 2.89. The normalized spacial score (nSPS) is 18.6. The fraction of sp³-hybridized carbons (Fsp3) is 0.333.